The Labute approximate surface area is 183 Å². The smallest absolute Gasteiger partial charge is 0.294 e. The van der Waals surface area contributed by atoms with Gasteiger partial charge in [0.25, 0.3) is 5.91 Å². The largest absolute Gasteiger partial charge is 0.439 e. The maximum absolute atomic E-state index is 13.4. The van der Waals surface area contributed by atoms with Crippen molar-refractivity contribution in [3.63, 3.8) is 0 Å². The third-order valence-corrected chi connectivity index (χ3v) is 7.17. The van der Waals surface area contributed by atoms with Gasteiger partial charge in [0.15, 0.2) is 5.76 Å². The highest BCUT2D eigenvalue weighted by atomic mass is 32.2. The van der Waals surface area contributed by atoms with Crippen LogP contribution in [0.2, 0.25) is 0 Å². The van der Waals surface area contributed by atoms with Crippen LogP contribution in [0.3, 0.4) is 0 Å². The summed E-state index contributed by atoms with van der Waals surface area (Å²) in [5.74, 6) is -1.06. The van der Waals surface area contributed by atoms with Crippen LogP contribution in [-0.2, 0) is 16.4 Å². The second-order valence-corrected chi connectivity index (χ2v) is 9.80. The van der Waals surface area contributed by atoms with Crippen molar-refractivity contribution in [3.05, 3.63) is 100 Å². The Morgan fingerprint density at radius 1 is 1.00 bits per heavy atom. The van der Waals surface area contributed by atoms with Crippen molar-refractivity contribution < 1.29 is 22.0 Å². The van der Waals surface area contributed by atoms with Crippen LogP contribution in [0.1, 0.15) is 21.0 Å². The molecule has 0 aliphatic heterocycles. The van der Waals surface area contributed by atoms with E-state index in [0.29, 0.717) is 5.69 Å². The summed E-state index contributed by atoms with van der Waals surface area (Å²) in [5, 5.41) is 1.58. The molecule has 0 aliphatic rings. The second-order valence-electron chi connectivity index (χ2n) is 6.88. The van der Waals surface area contributed by atoms with E-state index >= 15 is 0 Å². The first-order valence-corrected chi connectivity index (χ1v) is 11.7. The fourth-order valence-electron chi connectivity index (χ4n) is 3.01. The lowest BCUT2D eigenvalue weighted by atomic mass is 10.2. The molecule has 0 saturated heterocycles. The van der Waals surface area contributed by atoms with E-state index in [1.807, 2.05) is 24.4 Å². The number of amides is 1. The van der Waals surface area contributed by atoms with Gasteiger partial charge in [0.1, 0.15) is 5.82 Å². The van der Waals surface area contributed by atoms with E-state index in [1.165, 1.54) is 64.8 Å². The molecule has 31 heavy (non-hydrogen) atoms. The number of carbonyl (C=O) groups excluding carboxylic acids is 1. The van der Waals surface area contributed by atoms with Crippen LogP contribution in [0.4, 0.5) is 10.1 Å². The van der Waals surface area contributed by atoms with Gasteiger partial charge in [-0.15, -0.1) is 11.3 Å². The molecule has 0 radical (unpaired) electrons. The fraction of sp³-hybridized carbons (Fsp3) is 0.0870. The number of hydrogen-bond donors (Lipinski definition) is 0. The quantitative estimate of drug-likeness (QED) is 0.387. The monoisotopic (exact) mass is 455 g/mol. The van der Waals surface area contributed by atoms with Crippen LogP contribution in [0.5, 0.6) is 0 Å². The van der Waals surface area contributed by atoms with Crippen LogP contribution in [-0.4, -0.2) is 14.3 Å². The first-order valence-electron chi connectivity index (χ1n) is 9.36. The third kappa shape index (κ3) is 4.45. The minimum absolute atomic E-state index is 0.0837. The number of benzene rings is 2. The van der Waals surface area contributed by atoms with E-state index in [0.717, 1.165) is 10.4 Å². The molecule has 4 rings (SSSR count). The Balaban J connectivity index is 1.67. The Bertz CT molecular complexity index is 1290. The number of carbonyl (C=O) groups is 1. The maximum atomic E-state index is 13.4. The number of halogens is 1. The Morgan fingerprint density at radius 2 is 1.71 bits per heavy atom. The molecule has 2 aromatic carbocycles. The summed E-state index contributed by atoms with van der Waals surface area (Å²) in [5.41, 5.74) is 1.40. The summed E-state index contributed by atoms with van der Waals surface area (Å²) in [6.45, 7) is 2.10. The molecular weight excluding hydrogens is 437 g/mol. The average Bonchev–Trinajstić information content (AvgIpc) is 3.45. The summed E-state index contributed by atoms with van der Waals surface area (Å²) < 4.78 is 44.6. The summed E-state index contributed by atoms with van der Waals surface area (Å²) in [7, 11) is -3.90. The second kappa shape index (κ2) is 8.49. The SMILES string of the molecule is Cc1ccc(S(=O)(=O)c2ccc(C(=O)N(Cc3cccs3)c3ccc(F)cc3)o2)cc1. The summed E-state index contributed by atoms with van der Waals surface area (Å²) >= 11 is 1.48. The summed E-state index contributed by atoms with van der Waals surface area (Å²) in [6.07, 6.45) is 0. The molecule has 0 saturated carbocycles. The van der Waals surface area contributed by atoms with Crippen molar-refractivity contribution in [3.8, 4) is 0 Å². The van der Waals surface area contributed by atoms with Gasteiger partial charge in [-0.05, 0) is 66.9 Å². The van der Waals surface area contributed by atoms with Gasteiger partial charge in [-0.2, -0.15) is 0 Å². The van der Waals surface area contributed by atoms with Crippen LogP contribution in [0, 0.1) is 12.7 Å². The average molecular weight is 456 g/mol. The zero-order valence-corrected chi connectivity index (χ0v) is 18.1. The van der Waals surface area contributed by atoms with Crippen LogP contribution in [0.15, 0.2) is 92.6 Å². The molecule has 2 aromatic heterocycles. The standard InChI is InChI=1S/C23H18FNO4S2/c1-16-4-10-20(11-5-16)31(27,28)22-13-12-21(29-22)23(26)25(15-19-3-2-14-30-19)18-8-6-17(24)7-9-18/h2-14H,15H2,1H3. The first-order chi connectivity index (χ1) is 14.8. The Kier molecular flexibility index (Phi) is 5.75. The lowest BCUT2D eigenvalue weighted by Crippen LogP contribution is -2.29. The minimum Gasteiger partial charge on any atom is -0.439 e. The van der Waals surface area contributed by atoms with Gasteiger partial charge in [0.05, 0.1) is 11.4 Å². The van der Waals surface area contributed by atoms with E-state index in [1.54, 1.807) is 12.1 Å². The highest BCUT2D eigenvalue weighted by molar-refractivity contribution is 7.91. The van der Waals surface area contributed by atoms with Gasteiger partial charge < -0.3 is 9.32 Å². The fourth-order valence-corrected chi connectivity index (χ4v) is 4.87. The van der Waals surface area contributed by atoms with E-state index in [2.05, 4.69) is 0 Å². The van der Waals surface area contributed by atoms with Crippen molar-refractivity contribution in [2.45, 2.75) is 23.5 Å². The van der Waals surface area contributed by atoms with Crippen LogP contribution < -0.4 is 4.90 Å². The molecule has 2 heterocycles. The van der Waals surface area contributed by atoms with Crippen molar-refractivity contribution in [1.82, 2.24) is 0 Å². The molecule has 0 bridgehead atoms. The molecule has 158 valence electrons. The molecule has 0 N–H and O–H groups in total. The predicted molar refractivity (Wildman–Crippen MR) is 117 cm³/mol. The molecule has 1 amide bonds. The van der Waals surface area contributed by atoms with Crippen molar-refractivity contribution in [2.24, 2.45) is 0 Å². The van der Waals surface area contributed by atoms with E-state index in [9.17, 15) is 17.6 Å². The Morgan fingerprint density at radius 3 is 2.35 bits per heavy atom. The number of hydrogen-bond acceptors (Lipinski definition) is 5. The van der Waals surface area contributed by atoms with Crippen LogP contribution >= 0.6 is 11.3 Å². The highest BCUT2D eigenvalue weighted by Gasteiger charge is 2.26. The summed E-state index contributed by atoms with van der Waals surface area (Å²) in [6, 6.07) is 18.3. The molecule has 0 atom stereocenters. The molecule has 4 aromatic rings. The molecule has 0 spiro atoms. The lowest BCUT2D eigenvalue weighted by Gasteiger charge is -2.21. The zero-order chi connectivity index (χ0) is 22.0. The van der Waals surface area contributed by atoms with Gasteiger partial charge in [-0.1, -0.05) is 23.8 Å². The van der Waals surface area contributed by atoms with Crippen LogP contribution in [0.25, 0.3) is 0 Å². The number of nitrogens with zero attached hydrogens (tertiary/aromatic N) is 1. The van der Waals surface area contributed by atoms with Crippen molar-refractivity contribution in [1.29, 1.82) is 0 Å². The van der Waals surface area contributed by atoms with Gasteiger partial charge in [-0.3, -0.25) is 4.79 Å². The number of thiophene rings is 1. The van der Waals surface area contributed by atoms with E-state index in [-0.39, 0.29) is 22.3 Å². The van der Waals surface area contributed by atoms with Crippen molar-refractivity contribution in [2.75, 3.05) is 4.90 Å². The molecular formula is C23H18FNO4S2. The van der Waals surface area contributed by atoms with Gasteiger partial charge in [0, 0.05) is 10.6 Å². The van der Waals surface area contributed by atoms with Gasteiger partial charge in [0.2, 0.25) is 14.9 Å². The normalized spacial score (nSPS) is 11.4. The van der Waals surface area contributed by atoms with E-state index < -0.39 is 21.6 Å². The molecule has 8 heteroatoms. The van der Waals surface area contributed by atoms with E-state index in [4.69, 9.17) is 4.42 Å². The summed E-state index contributed by atoms with van der Waals surface area (Å²) in [4.78, 5) is 15.6. The zero-order valence-electron chi connectivity index (χ0n) is 16.5. The number of rotatable bonds is 6. The predicted octanol–water partition coefficient (Wildman–Crippen LogP) is 5.47. The van der Waals surface area contributed by atoms with Crippen molar-refractivity contribution >= 4 is 32.8 Å². The Hall–Kier alpha value is -3.23. The number of anilines is 1. The number of aryl methyl sites for hydroxylation is 1. The number of furan rings is 1. The first kappa shape index (κ1) is 21.0. The molecule has 0 unspecified atom stereocenters. The number of sulfone groups is 1. The topological polar surface area (TPSA) is 67.6 Å². The third-order valence-electron chi connectivity index (χ3n) is 4.67. The molecule has 0 fully saturated rings. The lowest BCUT2D eigenvalue weighted by molar-refractivity contribution is 0.0953. The minimum atomic E-state index is -3.90. The van der Waals surface area contributed by atoms with Gasteiger partial charge >= 0.3 is 0 Å². The molecule has 5 nitrogen and oxygen atoms in total. The highest BCUT2D eigenvalue weighted by Crippen LogP contribution is 2.27. The maximum Gasteiger partial charge on any atom is 0.294 e. The molecule has 0 aliphatic carbocycles. The van der Waals surface area contributed by atoms with Gasteiger partial charge in [-0.25, -0.2) is 12.8 Å².